The second-order valence-corrected chi connectivity index (χ2v) is 15.5. The van der Waals surface area contributed by atoms with E-state index in [1.807, 2.05) is 78.9 Å². The molecular weight excluding hydrogens is 769 g/mol. The van der Waals surface area contributed by atoms with E-state index in [0.717, 1.165) is 88.7 Å². The quantitative estimate of drug-likeness (QED) is 0.153. The van der Waals surface area contributed by atoms with Crippen molar-refractivity contribution in [3.63, 3.8) is 0 Å². The Kier molecular flexibility index (Phi) is 9.50. The topological polar surface area (TPSA) is 75.6 Å². The normalized spacial score (nSPS) is 11.2. The van der Waals surface area contributed by atoms with Gasteiger partial charge in [0.25, 0.3) is 0 Å². The summed E-state index contributed by atoms with van der Waals surface area (Å²) in [6.45, 7) is 0. The summed E-state index contributed by atoms with van der Waals surface area (Å²) in [5.74, 6) is 1.66. The van der Waals surface area contributed by atoms with Crippen LogP contribution in [0.5, 0.6) is 0 Å². The minimum absolute atomic E-state index is 0.536. The van der Waals surface area contributed by atoms with E-state index in [4.69, 9.17) is 19.4 Å². The summed E-state index contributed by atoms with van der Waals surface area (Å²) < 4.78 is 6.94. The lowest BCUT2D eigenvalue weighted by molar-refractivity contribution is 0.670. The first-order valence-corrected chi connectivity index (χ1v) is 20.9. The van der Waals surface area contributed by atoms with Gasteiger partial charge in [-0.15, -0.1) is 0 Å². The molecule has 0 atom stereocenters. The second kappa shape index (κ2) is 16.0. The van der Waals surface area contributed by atoms with Gasteiger partial charge in [0, 0.05) is 33.0 Å². The highest BCUT2D eigenvalue weighted by Gasteiger charge is 2.20. The van der Waals surface area contributed by atoms with E-state index in [9.17, 15) is 5.26 Å². The van der Waals surface area contributed by atoms with Gasteiger partial charge in [0.2, 0.25) is 0 Å². The molecular formula is C58H36N4O. The van der Waals surface area contributed by atoms with Gasteiger partial charge in [0.15, 0.2) is 17.5 Å². The Bertz CT molecular complexity index is 3480. The monoisotopic (exact) mass is 804 g/mol. The van der Waals surface area contributed by atoms with Crippen LogP contribution in [0.3, 0.4) is 0 Å². The molecule has 0 aliphatic heterocycles. The number of furan rings is 1. The number of rotatable bonds is 8. The molecule has 0 amide bonds. The molecule has 11 aromatic rings. The van der Waals surface area contributed by atoms with E-state index in [-0.39, 0.29) is 0 Å². The van der Waals surface area contributed by atoms with Crippen LogP contribution in [-0.4, -0.2) is 15.0 Å². The zero-order chi connectivity index (χ0) is 42.1. The molecule has 0 unspecified atom stereocenters. The van der Waals surface area contributed by atoms with Crippen LogP contribution in [0.1, 0.15) is 5.56 Å². The third-order valence-corrected chi connectivity index (χ3v) is 11.6. The minimum atomic E-state index is 0.536. The molecule has 0 aliphatic rings. The molecule has 294 valence electrons. The summed E-state index contributed by atoms with van der Waals surface area (Å²) in [7, 11) is 0. The largest absolute Gasteiger partial charge is 0.455 e. The predicted octanol–water partition coefficient (Wildman–Crippen LogP) is 15.0. The van der Waals surface area contributed by atoms with Crippen molar-refractivity contribution in [2.45, 2.75) is 0 Å². The smallest absolute Gasteiger partial charge is 0.164 e. The number of benzene rings is 9. The standard InChI is InChI=1S/C58H36N4O/c59-37-38-12-10-19-46(34-38)42-24-28-45(29-25-42)57-60-56(44-26-22-41(23-27-44)39-13-4-1-5-14-39)61-58(62-57)49-30-31-52-53(36-49)63-55-51(43-17-8-3-9-18-43)33-32-50(54(52)55)48-21-11-20-47(35-48)40-15-6-2-7-16-40/h1-36H. The highest BCUT2D eigenvalue weighted by atomic mass is 16.3. The van der Waals surface area contributed by atoms with Crippen molar-refractivity contribution in [3.05, 3.63) is 224 Å². The van der Waals surface area contributed by atoms with Crippen molar-refractivity contribution in [1.82, 2.24) is 15.0 Å². The lowest BCUT2D eigenvalue weighted by atomic mass is 9.93. The molecule has 2 aromatic heterocycles. The van der Waals surface area contributed by atoms with Crippen LogP contribution in [0.2, 0.25) is 0 Å². The SMILES string of the molecule is N#Cc1cccc(-c2ccc(-c3nc(-c4ccc(-c5ccccc5)cc4)nc(-c4ccc5c(c4)oc4c(-c6ccccc6)ccc(-c6cccc(-c7ccccc7)c6)c45)n3)cc2)c1. The first kappa shape index (κ1) is 37.3. The van der Waals surface area contributed by atoms with Gasteiger partial charge < -0.3 is 4.42 Å². The highest BCUT2D eigenvalue weighted by molar-refractivity contribution is 6.16. The van der Waals surface area contributed by atoms with Crippen LogP contribution in [0.15, 0.2) is 223 Å². The van der Waals surface area contributed by atoms with Crippen molar-refractivity contribution in [2.75, 3.05) is 0 Å². The Morgan fingerprint density at radius 1 is 0.333 bits per heavy atom. The van der Waals surface area contributed by atoms with Gasteiger partial charge in [-0.1, -0.05) is 182 Å². The van der Waals surface area contributed by atoms with Crippen LogP contribution < -0.4 is 0 Å². The number of nitriles is 1. The summed E-state index contributed by atoms with van der Waals surface area (Å²) in [5.41, 5.74) is 15.6. The molecule has 0 spiro atoms. The van der Waals surface area contributed by atoms with Gasteiger partial charge >= 0.3 is 0 Å². The Hall–Kier alpha value is -8.72. The van der Waals surface area contributed by atoms with Crippen LogP contribution in [0.25, 0.3) is 112 Å². The molecule has 9 aromatic carbocycles. The molecule has 0 radical (unpaired) electrons. The van der Waals surface area contributed by atoms with Gasteiger partial charge in [-0.2, -0.15) is 5.26 Å². The summed E-state index contributed by atoms with van der Waals surface area (Å²) in [4.78, 5) is 15.3. The van der Waals surface area contributed by atoms with Gasteiger partial charge in [0.1, 0.15) is 11.2 Å². The van der Waals surface area contributed by atoms with Crippen molar-refractivity contribution in [3.8, 4) is 95.9 Å². The summed E-state index contributed by atoms with van der Waals surface area (Å²) >= 11 is 0. The van der Waals surface area contributed by atoms with E-state index in [0.29, 0.717) is 23.0 Å². The van der Waals surface area contributed by atoms with E-state index >= 15 is 0 Å². The van der Waals surface area contributed by atoms with Crippen molar-refractivity contribution >= 4 is 21.9 Å². The Morgan fingerprint density at radius 2 is 0.778 bits per heavy atom. The number of hydrogen-bond donors (Lipinski definition) is 0. The summed E-state index contributed by atoms with van der Waals surface area (Å²) in [6.07, 6.45) is 0. The van der Waals surface area contributed by atoms with Gasteiger partial charge in [-0.05, 0) is 86.5 Å². The van der Waals surface area contributed by atoms with E-state index in [2.05, 4.69) is 146 Å². The number of fused-ring (bicyclic) bond motifs is 3. The average Bonchev–Trinajstić information content (AvgIpc) is 3.76. The zero-order valence-corrected chi connectivity index (χ0v) is 34.0. The predicted molar refractivity (Wildman–Crippen MR) is 255 cm³/mol. The maximum absolute atomic E-state index is 9.50. The number of nitrogens with zero attached hydrogens (tertiary/aromatic N) is 4. The second-order valence-electron chi connectivity index (χ2n) is 15.5. The summed E-state index contributed by atoms with van der Waals surface area (Å²) in [6, 6.07) is 77.0. The Morgan fingerprint density at radius 3 is 1.40 bits per heavy atom. The molecule has 2 heterocycles. The minimum Gasteiger partial charge on any atom is -0.455 e. The van der Waals surface area contributed by atoms with E-state index in [1.54, 1.807) is 0 Å². The fraction of sp³-hybridized carbons (Fsp3) is 0. The van der Waals surface area contributed by atoms with Gasteiger partial charge in [-0.25, -0.2) is 15.0 Å². The third kappa shape index (κ3) is 7.22. The molecule has 63 heavy (non-hydrogen) atoms. The average molecular weight is 805 g/mol. The fourth-order valence-corrected chi connectivity index (χ4v) is 8.39. The number of hydrogen-bond acceptors (Lipinski definition) is 5. The zero-order valence-electron chi connectivity index (χ0n) is 34.0. The van der Waals surface area contributed by atoms with E-state index < -0.39 is 0 Å². The van der Waals surface area contributed by atoms with Crippen LogP contribution in [-0.2, 0) is 0 Å². The molecule has 11 rings (SSSR count). The molecule has 0 aliphatic carbocycles. The maximum atomic E-state index is 9.50. The molecule has 0 N–H and O–H groups in total. The molecule has 0 bridgehead atoms. The summed E-state index contributed by atoms with van der Waals surface area (Å²) in [5, 5.41) is 11.6. The molecule has 5 heteroatoms. The van der Waals surface area contributed by atoms with Gasteiger partial charge in [0.05, 0.1) is 11.6 Å². The lowest BCUT2D eigenvalue weighted by Crippen LogP contribution is -2.00. The van der Waals surface area contributed by atoms with Crippen LogP contribution in [0.4, 0.5) is 0 Å². The third-order valence-electron chi connectivity index (χ3n) is 11.6. The first-order chi connectivity index (χ1) is 31.1. The number of aromatic nitrogens is 3. The molecule has 0 fully saturated rings. The lowest BCUT2D eigenvalue weighted by Gasteiger charge is -2.10. The molecule has 0 saturated heterocycles. The Labute approximate surface area is 364 Å². The highest BCUT2D eigenvalue weighted by Crippen LogP contribution is 2.43. The van der Waals surface area contributed by atoms with E-state index in [1.165, 1.54) is 5.56 Å². The fourth-order valence-electron chi connectivity index (χ4n) is 8.39. The molecule has 5 nitrogen and oxygen atoms in total. The maximum Gasteiger partial charge on any atom is 0.164 e. The Balaban J connectivity index is 1.06. The molecule has 0 saturated carbocycles. The van der Waals surface area contributed by atoms with Crippen LogP contribution in [0, 0.1) is 11.3 Å². The first-order valence-electron chi connectivity index (χ1n) is 20.9. The van der Waals surface area contributed by atoms with Crippen LogP contribution >= 0.6 is 0 Å². The van der Waals surface area contributed by atoms with Crippen molar-refractivity contribution in [2.24, 2.45) is 0 Å². The van der Waals surface area contributed by atoms with Crippen molar-refractivity contribution in [1.29, 1.82) is 5.26 Å². The van der Waals surface area contributed by atoms with Crippen molar-refractivity contribution < 1.29 is 4.42 Å². The van der Waals surface area contributed by atoms with Gasteiger partial charge in [-0.3, -0.25) is 0 Å².